The maximum absolute atomic E-state index is 9.99. The number of aliphatic carboxylic acids is 2. The number of carboxylic acid groups (broad SMARTS) is 2. The Morgan fingerprint density at radius 3 is 2.10 bits per heavy atom. The van der Waals surface area contributed by atoms with E-state index in [1.54, 1.807) is 0 Å². The van der Waals surface area contributed by atoms with Crippen LogP contribution < -0.4 is 11.5 Å². The van der Waals surface area contributed by atoms with Crippen LogP contribution in [0, 0.1) is 0 Å². The van der Waals surface area contributed by atoms with E-state index in [4.69, 9.17) is 21.7 Å². The van der Waals surface area contributed by atoms with E-state index in [1.165, 1.54) is 5.56 Å². The molecule has 0 fully saturated rings. The quantitative estimate of drug-likeness (QED) is 0.612. The minimum atomic E-state index is -1.17. The van der Waals surface area contributed by atoms with E-state index in [0.717, 1.165) is 6.42 Å². The predicted octanol–water partition coefficient (Wildman–Crippen LogP) is 0.839. The van der Waals surface area contributed by atoms with Gasteiger partial charge in [-0.25, -0.2) is 0 Å². The second-order valence-corrected chi connectivity index (χ2v) is 4.54. The fraction of sp³-hybridized carbons (Fsp3) is 0.429. The maximum Gasteiger partial charge on any atom is 0.320 e. The largest absolute Gasteiger partial charge is 0.481 e. The Morgan fingerprint density at radius 2 is 1.70 bits per heavy atom. The molecule has 0 saturated carbocycles. The van der Waals surface area contributed by atoms with Gasteiger partial charge in [-0.1, -0.05) is 30.3 Å². The van der Waals surface area contributed by atoms with Crippen LogP contribution in [0.5, 0.6) is 0 Å². The van der Waals surface area contributed by atoms with Gasteiger partial charge in [0.15, 0.2) is 0 Å². The Hall–Kier alpha value is -1.92. The lowest BCUT2D eigenvalue weighted by molar-refractivity contribution is -0.139. The van der Waals surface area contributed by atoms with Crippen LogP contribution >= 0.6 is 0 Å². The van der Waals surface area contributed by atoms with Gasteiger partial charge in [0.1, 0.15) is 6.04 Å². The van der Waals surface area contributed by atoms with Gasteiger partial charge < -0.3 is 21.7 Å². The molecular weight excluding hydrogens is 260 g/mol. The standard InChI is InChI=1S/C9H13N.C5H9NO4/c1-8(10)7-9-5-3-2-4-6-9;6-3(5(9)10)1-2-4(7)8/h2-6,8H,7,10H2,1H3;3H,1-2,6H2,(H,7,8)(H,9,10)/t;3-/m.0/s1. The normalized spacial score (nSPS) is 12.8. The molecule has 6 N–H and O–H groups in total. The van der Waals surface area contributed by atoms with Gasteiger partial charge in [0.2, 0.25) is 0 Å². The second kappa shape index (κ2) is 9.94. The molecule has 0 saturated heterocycles. The van der Waals surface area contributed by atoms with Crippen LogP contribution in [0.3, 0.4) is 0 Å². The molecule has 6 heteroatoms. The molecule has 0 aromatic heterocycles. The second-order valence-electron chi connectivity index (χ2n) is 4.54. The summed E-state index contributed by atoms with van der Waals surface area (Å²) < 4.78 is 0. The van der Waals surface area contributed by atoms with Crippen LogP contribution in [0.1, 0.15) is 25.3 Å². The number of hydrogen-bond donors (Lipinski definition) is 4. The highest BCUT2D eigenvalue weighted by atomic mass is 16.4. The molecule has 0 aliphatic carbocycles. The Labute approximate surface area is 118 Å². The van der Waals surface area contributed by atoms with Crippen molar-refractivity contribution in [2.45, 2.75) is 38.3 Å². The SMILES string of the molecule is CC(N)Cc1ccccc1.N[C@@H](CCC(=O)O)C(=O)O. The van der Waals surface area contributed by atoms with Crippen molar-refractivity contribution in [3.8, 4) is 0 Å². The monoisotopic (exact) mass is 282 g/mol. The molecule has 0 heterocycles. The number of nitrogens with two attached hydrogens (primary N) is 2. The highest BCUT2D eigenvalue weighted by Crippen LogP contribution is 2.00. The molecule has 0 radical (unpaired) electrons. The van der Waals surface area contributed by atoms with Crippen molar-refractivity contribution in [3.63, 3.8) is 0 Å². The van der Waals surface area contributed by atoms with Gasteiger partial charge in [-0.15, -0.1) is 0 Å². The van der Waals surface area contributed by atoms with Gasteiger partial charge in [-0.3, -0.25) is 9.59 Å². The molecule has 2 atom stereocenters. The van der Waals surface area contributed by atoms with E-state index in [0.29, 0.717) is 0 Å². The fourth-order valence-electron chi connectivity index (χ4n) is 1.39. The van der Waals surface area contributed by atoms with Gasteiger partial charge in [0, 0.05) is 12.5 Å². The average molecular weight is 282 g/mol. The summed E-state index contributed by atoms with van der Waals surface area (Å²) in [5.41, 5.74) is 11.9. The zero-order valence-electron chi connectivity index (χ0n) is 11.5. The van der Waals surface area contributed by atoms with Crippen molar-refractivity contribution in [3.05, 3.63) is 35.9 Å². The highest BCUT2D eigenvalue weighted by Gasteiger charge is 2.12. The number of carboxylic acids is 2. The third-order valence-electron chi connectivity index (χ3n) is 2.39. The van der Waals surface area contributed by atoms with Gasteiger partial charge in [0.25, 0.3) is 0 Å². The predicted molar refractivity (Wildman–Crippen MR) is 76.3 cm³/mol. The van der Waals surface area contributed by atoms with E-state index in [9.17, 15) is 9.59 Å². The van der Waals surface area contributed by atoms with Crippen molar-refractivity contribution in [1.82, 2.24) is 0 Å². The van der Waals surface area contributed by atoms with Crippen LogP contribution in [-0.4, -0.2) is 34.2 Å². The molecule has 6 nitrogen and oxygen atoms in total. The lowest BCUT2D eigenvalue weighted by Gasteiger charge is -2.02. The number of benzene rings is 1. The van der Waals surface area contributed by atoms with Gasteiger partial charge >= 0.3 is 11.9 Å². The highest BCUT2D eigenvalue weighted by molar-refractivity contribution is 5.74. The maximum atomic E-state index is 9.99. The summed E-state index contributed by atoms with van der Waals surface area (Å²) in [6, 6.07) is 9.51. The summed E-state index contributed by atoms with van der Waals surface area (Å²) in [4.78, 5) is 19.9. The first-order chi connectivity index (χ1) is 9.32. The van der Waals surface area contributed by atoms with Gasteiger partial charge in [-0.2, -0.15) is 0 Å². The molecule has 0 aliphatic rings. The summed E-state index contributed by atoms with van der Waals surface area (Å²) in [6.07, 6.45) is 0.749. The fourth-order valence-corrected chi connectivity index (χ4v) is 1.39. The number of rotatable bonds is 6. The molecule has 112 valence electrons. The van der Waals surface area contributed by atoms with Crippen LogP contribution in [0.4, 0.5) is 0 Å². The summed E-state index contributed by atoms with van der Waals surface area (Å²) >= 11 is 0. The average Bonchev–Trinajstić information content (AvgIpc) is 2.37. The Morgan fingerprint density at radius 1 is 1.15 bits per heavy atom. The van der Waals surface area contributed by atoms with E-state index < -0.39 is 18.0 Å². The first-order valence-electron chi connectivity index (χ1n) is 6.32. The Kier molecular flexibility index (Phi) is 8.98. The zero-order chi connectivity index (χ0) is 15.5. The Balaban J connectivity index is 0.000000361. The molecule has 1 rings (SSSR count). The van der Waals surface area contributed by atoms with Crippen LogP contribution in [0.2, 0.25) is 0 Å². The zero-order valence-corrected chi connectivity index (χ0v) is 11.5. The number of carbonyl (C=O) groups is 2. The van der Waals surface area contributed by atoms with Gasteiger partial charge in [0.05, 0.1) is 0 Å². The molecular formula is C14H22N2O4. The summed E-state index contributed by atoms with van der Waals surface area (Å²) in [5.74, 6) is -2.20. The molecule has 0 amide bonds. The molecule has 1 aromatic rings. The van der Waals surface area contributed by atoms with E-state index in [-0.39, 0.29) is 18.9 Å². The van der Waals surface area contributed by atoms with Crippen molar-refractivity contribution >= 4 is 11.9 Å². The van der Waals surface area contributed by atoms with Crippen LogP contribution in [0.25, 0.3) is 0 Å². The third kappa shape index (κ3) is 10.0. The summed E-state index contributed by atoms with van der Waals surface area (Å²) in [7, 11) is 0. The summed E-state index contributed by atoms with van der Waals surface area (Å²) in [6.45, 7) is 2.02. The van der Waals surface area contributed by atoms with Crippen LogP contribution in [-0.2, 0) is 16.0 Å². The molecule has 0 bridgehead atoms. The van der Waals surface area contributed by atoms with Crippen molar-refractivity contribution < 1.29 is 19.8 Å². The van der Waals surface area contributed by atoms with E-state index in [1.807, 2.05) is 25.1 Å². The lowest BCUT2D eigenvalue weighted by Crippen LogP contribution is -2.30. The topological polar surface area (TPSA) is 127 Å². The minimum Gasteiger partial charge on any atom is -0.481 e. The third-order valence-corrected chi connectivity index (χ3v) is 2.39. The molecule has 0 spiro atoms. The smallest absolute Gasteiger partial charge is 0.320 e. The minimum absolute atomic E-state index is 0.0231. The van der Waals surface area contributed by atoms with Gasteiger partial charge in [-0.05, 0) is 25.3 Å². The summed E-state index contributed by atoms with van der Waals surface area (Å²) in [5, 5.41) is 16.3. The molecule has 20 heavy (non-hydrogen) atoms. The molecule has 1 aromatic carbocycles. The first-order valence-corrected chi connectivity index (χ1v) is 6.32. The van der Waals surface area contributed by atoms with E-state index >= 15 is 0 Å². The lowest BCUT2D eigenvalue weighted by atomic mass is 10.1. The van der Waals surface area contributed by atoms with Crippen LogP contribution in [0.15, 0.2) is 30.3 Å². The Bertz CT molecular complexity index is 407. The van der Waals surface area contributed by atoms with Crippen molar-refractivity contribution in [1.29, 1.82) is 0 Å². The van der Waals surface area contributed by atoms with Crippen molar-refractivity contribution in [2.75, 3.05) is 0 Å². The van der Waals surface area contributed by atoms with Crippen molar-refractivity contribution in [2.24, 2.45) is 11.5 Å². The first kappa shape index (κ1) is 18.1. The number of hydrogen-bond acceptors (Lipinski definition) is 4. The molecule has 0 aliphatic heterocycles. The van der Waals surface area contributed by atoms with E-state index in [2.05, 4.69) is 12.1 Å². The molecule has 1 unspecified atom stereocenters.